The lowest BCUT2D eigenvalue weighted by Crippen LogP contribution is -2.53. The maximum atomic E-state index is 13.7. The Bertz CT molecular complexity index is 1150. The highest BCUT2D eigenvalue weighted by molar-refractivity contribution is 7.92. The molecule has 1 saturated carbocycles. The third-order valence-electron chi connectivity index (χ3n) is 6.47. The number of halogens is 1. The molecule has 2 amide bonds. The molecule has 0 aromatic heterocycles. The predicted octanol–water partition coefficient (Wildman–Crippen LogP) is 4.37. The summed E-state index contributed by atoms with van der Waals surface area (Å²) in [5.74, 6) is -0.0867. The molecule has 1 N–H and O–H groups in total. The largest absolute Gasteiger partial charge is 0.494 e. The Labute approximate surface area is 225 Å². The number of carbonyl (C=O) groups is 2. The average Bonchev–Trinajstić information content (AvgIpc) is 3.36. The van der Waals surface area contributed by atoms with E-state index in [9.17, 15) is 18.0 Å². The number of rotatable bonds is 12. The normalized spacial score (nSPS) is 14.7. The third kappa shape index (κ3) is 8.10. The molecule has 1 aliphatic carbocycles. The summed E-state index contributed by atoms with van der Waals surface area (Å²) in [5, 5.41) is 3.66. The van der Waals surface area contributed by atoms with Gasteiger partial charge in [0.1, 0.15) is 18.3 Å². The predicted molar refractivity (Wildman–Crippen MR) is 146 cm³/mol. The monoisotopic (exact) mass is 549 g/mol. The van der Waals surface area contributed by atoms with E-state index in [1.54, 1.807) is 48.5 Å². The van der Waals surface area contributed by atoms with Gasteiger partial charge in [0.25, 0.3) is 0 Å². The van der Waals surface area contributed by atoms with Gasteiger partial charge >= 0.3 is 0 Å². The zero-order valence-corrected chi connectivity index (χ0v) is 23.2. The zero-order chi connectivity index (χ0) is 27.0. The second kappa shape index (κ2) is 13.1. The van der Waals surface area contributed by atoms with E-state index < -0.39 is 28.5 Å². The van der Waals surface area contributed by atoms with Crippen LogP contribution in [0.15, 0.2) is 48.5 Å². The minimum Gasteiger partial charge on any atom is -0.494 e. The van der Waals surface area contributed by atoms with Gasteiger partial charge in [-0.3, -0.25) is 13.9 Å². The first-order valence-corrected chi connectivity index (χ1v) is 14.9. The molecule has 0 bridgehead atoms. The van der Waals surface area contributed by atoms with Crippen molar-refractivity contribution in [1.82, 2.24) is 10.2 Å². The van der Waals surface area contributed by atoms with E-state index in [-0.39, 0.29) is 18.5 Å². The molecule has 0 unspecified atom stereocenters. The van der Waals surface area contributed by atoms with E-state index in [4.69, 9.17) is 16.3 Å². The molecule has 202 valence electrons. The number of hydrogen-bond acceptors (Lipinski definition) is 5. The fourth-order valence-corrected chi connectivity index (χ4v) is 5.54. The molecule has 0 aliphatic heterocycles. The van der Waals surface area contributed by atoms with Crippen LogP contribution in [0.2, 0.25) is 5.02 Å². The first-order valence-electron chi connectivity index (χ1n) is 12.7. The molecule has 0 radical (unpaired) electrons. The van der Waals surface area contributed by atoms with E-state index in [1.807, 2.05) is 13.8 Å². The SMILES string of the molecule is CCOc1ccc(N(CC(=O)N(Cc2ccc(Cl)cc2)[C@H](CC)C(=O)NC2CCCC2)S(C)(=O)=O)cc1. The summed E-state index contributed by atoms with van der Waals surface area (Å²) in [7, 11) is -3.79. The number of nitrogens with one attached hydrogen (secondary N) is 1. The summed E-state index contributed by atoms with van der Waals surface area (Å²) >= 11 is 6.04. The van der Waals surface area contributed by atoms with E-state index >= 15 is 0 Å². The molecule has 1 aliphatic rings. The number of nitrogens with zero attached hydrogens (tertiary/aromatic N) is 2. The van der Waals surface area contributed by atoms with E-state index in [0.717, 1.165) is 41.8 Å². The van der Waals surface area contributed by atoms with Crippen molar-refractivity contribution in [1.29, 1.82) is 0 Å². The number of benzene rings is 2. The maximum absolute atomic E-state index is 13.7. The molecule has 1 atom stereocenters. The first kappa shape index (κ1) is 28.8. The van der Waals surface area contributed by atoms with E-state index in [2.05, 4.69) is 5.32 Å². The van der Waals surface area contributed by atoms with Gasteiger partial charge in [-0.15, -0.1) is 0 Å². The summed E-state index contributed by atoms with van der Waals surface area (Å²) in [5.41, 5.74) is 1.13. The van der Waals surface area contributed by atoms with Crippen molar-refractivity contribution in [2.75, 3.05) is 23.7 Å². The van der Waals surface area contributed by atoms with Crippen LogP contribution in [0.5, 0.6) is 5.75 Å². The molecule has 2 aromatic rings. The van der Waals surface area contributed by atoms with Gasteiger partial charge < -0.3 is 15.0 Å². The fraction of sp³-hybridized carbons (Fsp3) is 0.481. The molecule has 0 heterocycles. The quantitative estimate of drug-likeness (QED) is 0.424. The van der Waals surface area contributed by atoms with Crippen molar-refractivity contribution in [2.24, 2.45) is 0 Å². The molecule has 8 nitrogen and oxygen atoms in total. The maximum Gasteiger partial charge on any atom is 0.244 e. The average molecular weight is 550 g/mol. The van der Waals surface area contributed by atoms with Gasteiger partial charge in [0, 0.05) is 17.6 Å². The molecule has 37 heavy (non-hydrogen) atoms. The van der Waals surface area contributed by atoms with Crippen LogP contribution in [0, 0.1) is 0 Å². The summed E-state index contributed by atoms with van der Waals surface area (Å²) in [4.78, 5) is 28.5. The lowest BCUT2D eigenvalue weighted by atomic mass is 10.1. The minimum absolute atomic E-state index is 0.102. The Kier molecular flexibility index (Phi) is 10.2. The van der Waals surface area contributed by atoms with Gasteiger partial charge in [0.15, 0.2) is 0 Å². The fourth-order valence-electron chi connectivity index (χ4n) is 4.56. The first-order chi connectivity index (χ1) is 17.6. The smallest absolute Gasteiger partial charge is 0.244 e. The Morgan fingerprint density at radius 2 is 1.68 bits per heavy atom. The van der Waals surface area contributed by atoms with Crippen LogP contribution < -0.4 is 14.4 Å². The van der Waals surface area contributed by atoms with Crippen LogP contribution in [0.3, 0.4) is 0 Å². The lowest BCUT2D eigenvalue weighted by Gasteiger charge is -2.33. The van der Waals surface area contributed by atoms with Crippen molar-refractivity contribution in [3.05, 3.63) is 59.1 Å². The van der Waals surface area contributed by atoms with Crippen molar-refractivity contribution in [3.8, 4) is 5.75 Å². The molecule has 0 spiro atoms. The van der Waals surface area contributed by atoms with Crippen LogP contribution in [0.25, 0.3) is 0 Å². The highest BCUT2D eigenvalue weighted by Crippen LogP contribution is 2.24. The molecule has 0 saturated heterocycles. The summed E-state index contributed by atoms with van der Waals surface area (Å²) < 4.78 is 32.0. The molecule has 2 aromatic carbocycles. The Hall–Kier alpha value is -2.78. The Balaban J connectivity index is 1.89. The van der Waals surface area contributed by atoms with Crippen LogP contribution >= 0.6 is 11.6 Å². The van der Waals surface area contributed by atoms with Crippen molar-refractivity contribution in [2.45, 2.75) is 64.6 Å². The van der Waals surface area contributed by atoms with Crippen molar-refractivity contribution >= 4 is 39.1 Å². The summed E-state index contributed by atoms with van der Waals surface area (Å²) in [6.45, 7) is 3.90. The number of carbonyl (C=O) groups excluding carboxylic acids is 2. The van der Waals surface area contributed by atoms with Gasteiger partial charge in [-0.1, -0.05) is 43.5 Å². The van der Waals surface area contributed by atoms with Gasteiger partial charge in [-0.25, -0.2) is 8.42 Å². The molecular weight excluding hydrogens is 514 g/mol. The zero-order valence-electron chi connectivity index (χ0n) is 21.7. The van der Waals surface area contributed by atoms with Crippen LogP contribution in [-0.4, -0.2) is 56.6 Å². The van der Waals surface area contributed by atoms with Gasteiger partial charge in [-0.05, 0) is 68.1 Å². The van der Waals surface area contributed by atoms with Gasteiger partial charge in [0.2, 0.25) is 21.8 Å². The molecular formula is C27H36ClN3O5S. The van der Waals surface area contributed by atoms with E-state index in [1.165, 1.54) is 4.90 Å². The van der Waals surface area contributed by atoms with Gasteiger partial charge in [-0.2, -0.15) is 0 Å². The molecule has 1 fully saturated rings. The Morgan fingerprint density at radius 3 is 2.22 bits per heavy atom. The third-order valence-corrected chi connectivity index (χ3v) is 7.86. The highest BCUT2D eigenvalue weighted by Gasteiger charge is 2.33. The minimum atomic E-state index is -3.79. The number of sulfonamides is 1. The van der Waals surface area contributed by atoms with E-state index in [0.29, 0.717) is 29.5 Å². The van der Waals surface area contributed by atoms with Crippen LogP contribution in [0.1, 0.15) is 51.5 Å². The molecule has 3 rings (SSSR count). The van der Waals surface area contributed by atoms with Crippen LogP contribution in [0.4, 0.5) is 5.69 Å². The summed E-state index contributed by atoms with van der Waals surface area (Å²) in [6, 6.07) is 12.9. The van der Waals surface area contributed by atoms with Crippen LogP contribution in [-0.2, 0) is 26.2 Å². The Morgan fingerprint density at radius 1 is 1.05 bits per heavy atom. The topological polar surface area (TPSA) is 96.0 Å². The van der Waals surface area contributed by atoms with Crippen molar-refractivity contribution < 1.29 is 22.7 Å². The number of hydrogen-bond donors (Lipinski definition) is 1. The summed E-state index contributed by atoms with van der Waals surface area (Å²) in [6.07, 6.45) is 5.44. The lowest BCUT2D eigenvalue weighted by molar-refractivity contribution is -0.140. The highest BCUT2D eigenvalue weighted by atomic mass is 35.5. The van der Waals surface area contributed by atoms with Crippen molar-refractivity contribution in [3.63, 3.8) is 0 Å². The number of ether oxygens (including phenoxy) is 1. The number of amides is 2. The second-order valence-corrected chi connectivity index (χ2v) is 11.6. The second-order valence-electron chi connectivity index (χ2n) is 9.26. The standard InChI is InChI=1S/C27H36ClN3O5S/c1-4-25(27(33)29-22-8-6-7-9-22)30(18-20-10-12-21(28)13-11-20)26(32)19-31(37(3,34)35)23-14-16-24(17-15-23)36-5-2/h10-17,22,25H,4-9,18-19H2,1-3H3,(H,29,33)/t25-/m1/s1. The molecule has 10 heteroatoms. The van der Waals surface area contributed by atoms with Gasteiger partial charge in [0.05, 0.1) is 18.6 Å². The number of anilines is 1.